The number of nitrogens with zero attached hydrogens (tertiary/aromatic N) is 1. The van der Waals surface area contributed by atoms with Gasteiger partial charge >= 0.3 is 5.63 Å². The lowest BCUT2D eigenvalue weighted by Crippen LogP contribution is -2.29. The first kappa shape index (κ1) is 15.2. The summed E-state index contributed by atoms with van der Waals surface area (Å²) < 4.78 is 11.1. The Labute approximate surface area is 134 Å². The van der Waals surface area contributed by atoms with Crippen LogP contribution < -0.4 is 16.1 Å². The molecule has 1 atom stereocenters. The van der Waals surface area contributed by atoms with Crippen LogP contribution in [0.3, 0.4) is 0 Å². The van der Waals surface area contributed by atoms with Crippen LogP contribution in [-0.4, -0.2) is 0 Å². The molecular formula is C18H18N2O3. The van der Waals surface area contributed by atoms with Gasteiger partial charge in [0.05, 0.1) is 16.5 Å². The number of ether oxygens (including phenoxy) is 1. The molecule has 2 N–H and O–H groups in total. The highest BCUT2D eigenvalue weighted by Crippen LogP contribution is 2.45. The quantitative estimate of drug-likeness (QED) is 0.878. The minimum Gasteiger partial charge on any atom is -0.439 e. The van der Waals surface area contributed by atoms with Gasteiger partial charge in [0.2, 0.25) is 5.88 Å². The molecule has 0 amide bonds. The minimum absolute atomic E-state index is 0.0765. The Kier molecular flexibility index (Phi) is 3.83. The van der Waals surface area contributed by atoms with E-state index in [1.54, 1.807) is 12.1 Å². The number of para-hydroxylation sites is 1. The topological polar surface area (TPSA) is 89.3 Å². The van der Waals surface area contributed by atoms with Gasteiger partial charge < -0.3 is 14.9 Å². The lowest BCUT2D eigenvalue weighted by Gasteiger charge is -2.30. The molecular weight excluding hydrogens is 292 g/mol. The number of hydrogen-bond donors (Lipinski definition) is 1. The standard InChI is InChI=1S/C18H18N2O3/c1-3-10(4-2)14-12(9-19)17(20)23-16-11-7-5-6-8-13(11)22-18(21)15(14)16/h5-8,10,14H,3-4,20H2,1-2H3/t14-/m1/s1. The summed E-state index contributed by atoms with van der Waals surface area (Å²) >= 11 is 0. The fourth-order valence-corrected chi connectivity index (χ4v) is 3.33. The Morgan fingerprint density at radius 3 is 2.65 bits per heavy atom. The lowest BCUT2D eigenvalue weighted by molar-refractivity contribution is 0.342. The van der Waals surface area contributed by atoms with Crippen LogP contribution >= 0.6 is 0 Å². The molecule has 0 spiro atoms. The van der Waals surface area contributed by atoms with Crippen molar-refractivity contribution in [2.24, 2.45) is 11.7 Å². The van der Waals surface area contributed by atoms with Crippen LogP contribution in [-0.2, 0) is 0 Å². The summed E-state index contributed by atoms with van der Waals surface area (Å²) in [7, 11) is 0. The maximum absolute atomic E-state index is 12.6. The Balaban J connectivity index is 2.37. The molecule has 0 saturated heterocycles. The minimum atomic E-state index is -0.462. The summed E-state index contributed by atoms with van der Waals surface area (Å²) in [6.07, 6.45) is 1.65. The van der Waals surface area contributed by atoms with Gasteiger partial charge in [-0.25, -0.2) is 4.79 Å². The molecule has 3 rings (SSSR count). The molecule has 0 bridgehead atoms. The predicted molar refractivity (Wildman–Crippen MR) is 86.8 cm³/mol. The van der Waals surface area contributed by atoms with Crippen LogP contribution in [0.4, 0.5) is 0 Å². The highest BCUT2D eigenvalue weighted by molar-refractivity contribution is 5.85. The zero-order valence-electron chi connectivity index (χ0n) is 13.1. The maximum atomic E-state index is 12.6. The SMILES string of the molecule is CCC(CC)[C@@H]1C(C#N)=C(N)Oc2c1c(=O)oc1ccccc21. The molecule has 1 aliphatic rings. The van der Waals surface area contributed by atoms with Crippen LogP contribution in [0.1, 0.15) is 38.2 Å². The number of hydrogen-bond acceptors (Lipinski definition) is 5. The molecule has 5 nitrogen and oxygen atoms in total. The highest BCUT2D eigenvalue weighted by atomic mass is 16.5. The van der Waals surface area contributed by atoms with Gasteiger partial charge in [0.1, 0.15) is 11.7 Å². The van der Waals surface area contributed by atoms with Gasteiger partial charge in [-0.3, -0.25) is 0 Å². The first-order chi connectivity index (χ1) is 11.1. The maximum Gasteiger partial charge on any atom is 0.343 e. The monoisotopic (exact) mass is 310 g/mol. The molecule has 0 unspecified atom stereocenters. The molecule has 1 aromatic heterocycles. The van der Waals surface area contributed by atoms with Crippen LogP contribution in [0.2, 0.25) is 0 Å². The second-order valence-corrected chi connectivity index (χ2v) is 5.67. The van der Waals surface area contributed by atoms with Crippen molar-refractivity contribution in [3.63, 3.8) is 0 Å². The van der Waals surface area contributed by atoms with Crippen molar-refractivity contribution in [2.75, 3.05) is 0 Å². The average Bonchev–Trinajstić information content (AvgIpc) is 2.55. The summed E-state index contributed by atoms with van der Waals surface area (Å²) in [5.74, 6) is 0.229. The number of rotatable bonds is 3. The van der Waals surface area contributed by atoms with E-state index < -0.39 is 5.63 Å². The lowest BCUT2D eigenvalue weighted by atomic mass is 9.77. The second-order valence-electron chi connectivity index (χ2n) is 5.67. The molecule has 1 aliphatic heterocycles. The van der Waals surface area contributed by atoms with E-state index in [-0.39, 0.29) is 17.7 Å². The van der Waals surface area contributed by atoms with E-state index in [4.69, 9.17) is 14.9 Å². The van der Waals surface area contributed by atoms with E-state index >= 15 is 0 Å². The Bertz CT molecular complexity index is 885. The van der Waals surface area contributed by atoms with Crippen LogP contribution in [0.5, 0.6) is 5.75 Å². The van der Waals surface area contributed by atoms with E-state index in [9.17, 15) is 10.1 Å². The van der Waals surface area contributed by atoms with Crippen molar-refractivity contribution in [3.8, 4) is 11.8 Å². The number of nitrogens with two attached hydrogens (primary N) is 1. The third-order valence-electron chi connectivity index (χ3n) is 4.54. The molecule has 0 radical (unpaired) electrons. The molecule has 1 aromatic carbocycles. The summed E-state index contributed by atoms with van der Waals surface area (Å²) in [6.45, 7) is 4.08. The number of benzene rings is 1. The zero-order chi connectivity index (χ0) is 16.6. The first-order valence-corrected chi connectivity index (χ1v) is 7.75. The number of nitriles is 1. The largest absolute Gasteiger partial charge is 0.439 e. The molecule has 2 heterocycles. The van der Waals surface area contributed by atoms with Crippen molar-refractivity contribution < 1.29 is 9.15 Å². The smallest absolute Gasteiger partial charge is 0.343 e. The van der Waals surface area contributed by atoms with Crippen molar-refractivity contribution in [1.82, 2.24) is 0 Å². The van der Waals surface area contributed by atoms with E-state index in [1.807, 2.05) is 26.0 Å². The van der Waals surface area contributed by atoms with Crippen LogP contribution in [0.15, 0.2) is 44.9 Å². The van der Waals surface area contributed by atoms with E-state index in [0.717, 1.165) is 12.8 Å². The van der Waals surface area contributed by atoms with E-state index in [2.05, 4.69) is 6.07 Å². The number of fused-ring (bicyclic) bond motifs is 3. The first-order valence-electron chi connectivity index (χ1n) is 7.75. The van der Waals surface area contributed by atoms with Gasteiger partial charge in [0, 0.05) is 5.92 Å². The third-order valence-corrected chi connectivity index (χ3v) is 4.54. The Hall–Kier alpha value is -2.74. The van der Waals surface area contributed by atoms with Crippen molar-refractivity contribution in [2.45, 2.75) is 32.6 Å². The third kappa shape index (κ3) is 2.27. The zero-order valence-corrected chi connectivity index (χ0v) is 13.1. The highest BCUT2D eigenvalue weighted by Gasteiger charge is 2.37. The Morgan fingerprint density at radius 1 is 1.30 bits per heavy atom. The van der Waals surface area contributed by atoms with Crippen LogP contribution in [0.25, 0.3) is 11.0 Å². The summed E-state index contributed by atoms with van der Waals surface area (Å²) in [6, 6.07) is 9.29. The molecule has 0 aliphatic carbocycles. The van der Waals surface area contributed by atoms with Gasteiger partial charge in [-0.2, -0.15) is 5.26 Å². The molecule has 23 heavy (non-hydrogen) atoms. The fraction of sp³-hybridized carbons (Fsp3) is 0.333. The van der Waals surface area contributed by atoms with Crippen LogP contribution in [0, 0.1) is 17.2 Å². The number of allylic oxidation sites excluding steroid dienone is 1. The Morgan fingerprint density at radius 2 is 2.00 bits per heavy atom. The second kappa shape index (κ2) is 5.81. The van der Waals surface area contributed by atoms with Gasteiger partial charge in [-0.1, -0.05) is 38.8 Å². The summed E-state index contributed by atoms with van der Waals surface area (Å²) in [5, 5.41) is 10.2. The molecule has 2 aromatic rings. The molecule has 0 fully saturated rings. The molecule has 0 saturated carbocycles. The van der Waals surface area contributed by atoms with Crippen molar-refractivity contribution in [1.29, 1.82) is 5.26 Å². The average molecular weight is 310 g/mol. The van der Waals surface area contributed by atoms with Gasteiger partial charge in [-0.05, 0) is 18.1 Å². The van der Waals surface area contributed by atoms with Crippen molar-refractivity contribution >= 4 is 11.0 Å². The fourth-order valence-electron chi connectivity index (χ4n) is 3.33. The van der Waals surface area contributed by atoms with E-state index in [1.165, 1.54) is 0 Å². The molecule has 118 valence electrons. The summed E-state index contributed by atoms with van der Waals surface area (Å²) in [5.41, 5.74) is 6.69. The predicted octanol–water partition coefficient (Wildman–Crippen LogP) is 3.40. The normalized spacial score (nSPS) is 17.0. The van der Waals surface area contributed by atoms with Gasteiger partial charge in [0.15, 0.2) is 5.75 Å². The van der Waals surface area contributed by atoms with Gasteiger partial charge in [0.25, 0.3) is 0 Å². The van der Waals surface area contributed by atoms with Gasteiger partial charge in [-0.15, -0.1) is 0 Å². The van der Waals surface area contributed by atoms with E-state index in [0.29, 0.717) is 27.9 Å². The molecule has 5 heteroatoms. The van der Waals surface area contributed by atoms with Crippen molar-refractivity contribution in [3.05, 3.63) is 51.7 Å². The summed E-state index contributed by atoms with van der Waals surface area (Å²) in [4.78, 5) is 12.6.